The van der Waals surface area contributed by atoms with Crippen LogP contribution in [-0.4, -0.2) is 44.1 Å². The second-order valence-corrected chi connectivity index (χ2v) is 7.22. The highest BCUT2D eigenvalue weighted by atomic mass is 19.1. The fraction of sp³-hybridized carbons (Fsp3) is 0.200. The van der Waals surface area contributed by atoms with Crippen molar-refractivity contribution in [2.24, 2.45) is 11.7 Å². The topological polar surface area (TPSA) is 145 Å². The third-order valence-corrected chi connectivity index (χ3v) is 4.96. The Balaban J connectivity index is 1.42. The summed E-state index contributed by atoms with van der Waals surface area (Å²) in [5, 5.41) is 10.0. The fourth-order valence-electron chi connectivity index (χ4n) is 3.37. The van der Waals surface area contributed by atoms with Gasteiger partial charge in [0.05, 0.1) is 11.6 Å². The van der Waals surface area contributed by atoms with E-state index in [1.807, 2.05) is 0 Å². The van der Waals surface area contributed by atoms with Crippen molar-refractivity contribution >= 4 is 29.1 Å². The van der Waals surface area contributed by atoms with Gasteiger partial charge in [-0.25, -0.2) is 9.18 Å². The number of nitrogens with two attached hydrogens (primary N) is 1. The van der Waals surface area contributed by atoms with E-state index in [2.05, 4.69) is 15.7 Å². The van der Waals surface area contributed by atoms with Gasteiger partial charge >= 0.3 is 5.69 Å². The summed E-state index contributed by atoms with van der Waals surface area (Å²) in [5.74, 6) is -2.24. The number of benzene rings is 2. The van der Waals surface area contributed by atoms with Gasteiger partial charge in [0, 0.05) is 24.3 Å². The maximum absolute atomic E-state index is 13.1. The van der Waals surface area contributed by atoms with Gasteiger partial charge in [0.25, 0.3) is 0 Å². The van der Waals surface area contributed by atoms with Gasteiger partial charge in [0.2, 0.25) is 17.7 Å². The van der Waals surface area contributed by atoms with Crippen molar-refractivity contribution in [1.82, 2.24) is 19.8 Å². The van der Waals surface area contributed by atoms with Crippen LogP contribution in [0.3, 0.4) is 0 Å². The Morgan fingerprint density at radius 1 is 1.03 bits per heavy atom. The number of hydrogen-bond donors (Lipinski definition) is 2. The molecule has 0 aliphatic carbocycles. The van der Waals surface area contributed by atoms with Crippen molar-refractivity contribution in [3.8, 4) is 5.69 Å². The molecule has 12 heteroatoms. The number of primary amides is 1. The van der Waals surface area contributed by atoms with Crippen molar-refractivity contribution in [1.29, 1.82) is 0 Å². The van der Waals surface area contributed by atoms with E-state index in [4.69, 9.17) is 5.73 Å². The van der Waals surface area contributed by atoms with Gasteiger partial charge in [-0.1, -0.05) is 0 Å². The average Bonchev–Trinajstić information content (AvgIpc) is 3.32. The van der Waals surface area contributed by atoms with Crippen LogP contribution in [0.15, 0.2) is 53.3 Å². The van der Waals surface area contributed by atoms with Gasteiger partial charge in [-0.2, -0.15) is 9.36 Å². The second-order valence-electron chi connectivity index (χ2n) is 7.22. The molecule has 32 heavy (non-hydrogen) atoms. The highest BCUT2D eigenvalue weighted by Gasteiger charge is 2.35. The predicted molar refractivity (Wildman–Crippen MR) is 110 cm³/mol. The number of halogens is 1. The van der Waals surface area contributed by atoms with Crippen LogP contribution in [0.5, 0.6) is 0 Å². The van der Waals surface area contributed by atoms with Gasteiger partial charge in [-0.15, -0.1) is 0 Å². The van der Waals surface area contributed by atoms with Crippen LogP contribution in [-0.2, 0) is 20.9 Å². The molecule has 11 nitrogen and oxygen atoms in total. The van der Waals surface area contributed by atoms with Crippen LogP contribution >= 0.6 is 0 Å². The number of carbonyl (C=O) groups is 3. The number of rotatable bonds is 6. The number of carbonyl (C=O) groups excluding carboxylic acids is 3. The highest BCUT2D eigenvalue weighted by molar-refractivity contribution is 6.03. The second kappa shape index (κ2) is 8.41. The molecular weight excluding hydrogens is 421 g/mol. The third kappa shape index (κ3) is 4.24. The van der Waals surface area contributed by atoms with E-state index in [1.165, 1.54) is 29.2 Å². The quantitative estimate of drug-likeness (QED) is 0.555. The van der Waals surface area contributed by atoms with Crippen LogP contribution in [0.4, 0.5) is 15.8 Å². The lowest BCUT2D eigenvalue weighted by Gasteiger charge is -2.16. The van der Waals surface area contributed by atoms with E-state index in [1.54, 1.807) is 24.3 Å². The number of hydrogen-bond acceptors (Lipinski definition) is 6. The first-order valence-corrected chi connectivity index (χ1v) is 9.60. The molecule has 0 radical (unpaired) electrons. The minimum Gasteiger partial charge on any atom is -0.368 e. The molecule has 1 saturated heterocycles. The lowest BCUT2D eigenvalue weighted by Crippen LogP contribution is -2.30. The summed E-state index contributed by atoms with van der Waals surface area (Å²) in [6.45, 7) is -0.200. The molecule has 0 saturated carbocycles. The van der Waals surface area contributed by atoms with Gasteiger partial charge in [-0.3, -0.25) is 14.4 Å². The van der Waals surface area contributed by atoms with Crippen LogP contribution < -0.4 is 21.6 Å². The Kier molecular flexibility index (Phi) is 5.50. The molecule has 164 valence electrons. The maximum atomic E-state index is 13.1. The molecule has 1 unspecified atom stereocenters. The third-order valence-electron chi connectivity index (χ3n) is 4.96. The van der Waals surface area contributed by atoms with Gasteiger partial charge in [-0.05, 0) is 59.0 Å². The van der Waals surface area contributed by atoms with Gasteiger partial charge < -0.3 is 16.0 Å². The van der Waals surface area contributed by atoms with E-state index < -0.39 is 23.3 Å². The summed E-state index contributed by atoms with van der Waals surface area (Å²) in [6, 6.07) is 11.7. The van der Waals surface area contributed by atoms with Crippen LogP contribution in [0.2, 0.25) is 0 Å². The Hall–Kier alpha value is -4.35. The molecule has 1 aliphatic rings. The van der Waals surface area contributed by atoms with Crippen LogP contribution in [0.1, 0.15) is 6.42 Å². The summed E-state index contributed by atoms with van der Waals surface area (Å²) >= 11 is 0. The Labute approximate surface area is 180 Å². The minimum atomic E-state index is -0.722. The lowest BCUT2D eigenvalue weighted by atomic mass is 10.1. The van der Waals surface area contributed by atoms with Crippen LogP contribution in [0, 0.1) is 11.7 Å². The summed E-state index contributed by atoms with van der Waals surface area (Å²) < 4.78 is 14.9. The Morgan fingerprint density at radius 3 is 2.34 bits per heavy atom. The monoisotopic (exact) mass is 439 g/mol. The van der Waals surface area contributed by atoms with Gasteiger partial charge in [0.15, 0.2) is 0 Å². The molecule has 0 spiro atoms. The summed E-state index contributed by atoms with van der Waals surface area (Å²) in [7, 11) is 0. The molecule has 1 atom stereocenters. The largest absolute Gasteiger partial charge is 0.368 e. The summed E-state index contributed by atoms with van der Waals surface area (Å²) in [6.07, 6.45) is 0.0413. The SMILES string of the molecule is NC(=O)Cn1nnn(-c2ccc(NC(=O)C3CC(=O)N(c4ccc(F)cc4)C3)cc2)c1=O. The van der Waals surface area contributed by atoms with Crippen molar-refractivity contribution in [3.63, 3.8) is 0 Å². The van der Waals surface area contributed by atoms with E-state index in [-0.39, 0.29) is 31.3 Å². The molecule has 2 aromatic carbocycles. The van der Waals surface area contributed by atoms with Gasteiger partial charge in [0.1, 0.15) is 12.4 Å². The van der Waals surface area contributed by atoms with Crippen LogP contribution in [0.25, 0.3) is 5.69 Å². The summed E-state index contributed by atoms with van der Waals surface area (Å²) in [5.41, 5.74) is 5.80. The number of aromatic nitrogens is 4. The minimum absolute atomic E-state index is 0.0413. The first-order valence-electron chi connectivity index (χ1n) is 9.60. The molecule has 1 fully saturated rings. The molecule has 4 rings (SSSR count). The molecule has 1 aliphatic heterocycles. The zero-order valence-electron chi connectivity index (χ0n) is 16.6. The number of nitrogens with zero attached hydrogens (tertiary/aromatic N) is 5. The molecule has 2 heterocycles. The zero-order valence-corrected chi connectivity index (χ0v) is 16.6. The van der Waals surface area contributed by atoms with Crippen molar-refractivity contribution < 1.29 is 18.8 Å². The molecular formula is C20H18FN7O4. The maximum Gasteiger partial charge on any atom is 0.368 e. The molecule has 3 aromatic rings. The van der Waals surface area contributed by atoms with E-state index in [0.29, 0.717) is 17.1 Å². The normalized spacial score (nSPS) is 15.7. The first-order chi connectivity index (χ1) is 15.3. The average molecular weight is 439 g/mol. The number of nitrogens with one attached hydrogen (secondary N) is 1. The Morgan fingerprint density at radius 2 is 1.69 bits per heavy atom. The first kappa shape index (κ1) is 20.9. The van der Waals surface area contributed by atoms with E-state index in [9.17, 15) is 23.6 Å². The van der Waals surface area contributed by atoms with Crippen molar-refractivity contribution in [2.75, 3.05) is 16.8 Å². The Bertz CT molecular complexity index is 1230. The fourth-order valence-corrected chi connectivity index (χ4v) is 3.37. The lowest BCUT2D eigenvalue weighted by molar-refractivity contribution is -0.122. The molecule has 3 amide bonds. The molecule has 3 N–H and O–H groups in total. The number of tetrazole rings is 1. The van der Waals surface area contributed by atoms with E-state index in [0.717, 1.165) is 9.36 Å². The van der Waals surface area contributed by atoms with Crippen molar-refractivity contribution in [3.05, 3.63) is 64.8 Å². The van der Waals surface area contributed by atoms with Crippen molar-refractivity contribution in [2.45, 2.75) is 13.0 Å². The standard InChI is InChI=1S/C20H18FN7O4/c21-13-1-5-15(6-2-13)26-10-12(9-18(26)30)19(31)23-14-3-7-16(8-4-14)28-20(32)27(24-25-28)11-17(22)29/h1-8,12H,9-11H2,(H2,22,29)(H,23,31). The smallest absolute Gasteiger partial charge is 0.368 e. The highest BCUT2D eigenvalue weighted by Crippen LogP contribution is 2.26. The molecule has 0 bridgehead atoms. The predicted octanol–water partition coefficient (Wildman–Crippen LogP) is 0.0450. The molecule has 1 aromatic heterocycles. The van der Waals surface area contributed by atoms with E-state index >= 15 is 0 Å². The number of anilines is 2. The number of amides is 3. The zero-order chi connectivity index (χ0) is 22.8. The summed E-state index contributed by atoms with van der Waals surface area (Å²) in [4.78, 5) is 49.6.